The van der Waals surface area contributed by atoms with E-state index in [9.17, 15) is 48.6 Å². The Labute approximate surface area is 743 Å². The lowest BCUT2D eigenvalue weighted by atomic mass is 9.75. The van der Waals surface area contributed by atoms with E-state index < -0.39 is 238 Å². The molecule has 4 aromatic carbocycles. The first-order valence-corrected chi connectivity index (χ1v) is 42.4. The Kier molecular flexibility index (Phi) is 28.4. The first-order valence-electron chi connectivity index (χ1n) is 42.4. The van der Waals surface area contributed by atoms with Gasteiger partial charge in [0.25, 0.3) is 0 Å². The number of aromatic nitrogens is 4. The van der Waals surface area contributed by atoms with E-state index in [-0.39, 0.29) is 93.9 Å². The molecule has 8 bridgehead atoms. The van der Waals surface area contributed by atoms with Crippen molar-refractivity contribution in [2.45, 2.75) is 221 Å². The average Bonchev–Trinajstić information content (AvgIpc) is 1.50. The van der Waals surface area contributed by atoms with Crippen LogP contribution in [0, 0.1) is 41.4 Å². The molecule has 13 rings (SSSR count). The minimum Gasteiger partial charge on any atom is -0.464 e. The number of alkyl halides is 6. The standard InChI is InChI=1S/C94H102F6N4O26/c1-17-72-84(122-57(16)112)80(118-53(12)108)49(8)87(127-72)123-62-26-20-24-60(38-62)78-70-34-32-68(102-70)76(58-22-18-27-63(36-58)124-88-81(119-54(13)109)46(5)43(2)73(128-88)40-115-50(9)105)66-30-31-67(101-66)77(59-23-19-28-64(37-59)125-89-82(120-55(14)110)47(6)44(3)74(129-89)41-116-51(10)106)69-33-35-71(103-69)79(86-92(114,94(98,99)100)91(113,85(78)104-86)93(95,96)97)61-25-21-29-65(39-61)126-90-83(121-56(15)111)48(7)45(4)75(130-90)42-117-52(11)107/h18-39,43-49,72-75,80-84,87-90,102-103,113-114H,17,40-42H2,1-16H3/t43-,44-,45-,46-,47-,48-,49+,72+,73?,74?,75?,80-,81?,82?,83?,84?,87?,88+,89+,90+,91?,92?/m0/s1. The van der Waals surface area contributed by atoms with Crippen molar-refractivity contribution in [1.29, 1.82) is 0 Å². The number of aromatic amines is 2. The van der Waals surface area contributed by atoms with E-state index in [2.05, 4.69) is 15.0 Å². The predicted molar refractivity (Wildman–Crippen MR) is 451 cm³/mol. The monoisotopic (exact) mass is 1820 g/mol. The van der Waals surface area contributed by atoms with Crippen molar-refractivity contribution in [2.24, 2.45) is 41.4 Å². The predicted octanol–water partition coefficient (Wildman–Crippen LogP) is 15.0. The van der Waals surface area contributed by atoms with Gasteiger partial charge in [-0.15, -0.1) is 0 Å². The fourth-order valence-electron chi connectivity index (χ4n) is 17.4. The van der Waals surface area contributed by atoms with E-state index in [0.29, 0.717) is 0 Å². The molecule has 10 unspecified atom stereocenters. The van der Waals surface area contributed by atoms with Crippen molar-refractivity contribution in [1.82, 2.24) is 19.9 Å². The van der Waals surface area contributed by atoms with Crippen LogP contribution < -0.4 is 18.9 Å². The summed E-state index contributed by atoms with van der Waals surface area (Å²) in [6.45, 7) is 22.5. The van der Waals surface area contributed by atoms with Gasteiger partial charge in [0.05, 0.1) is 47.0 Å². The van der Waals surface area contributed by atoms with Crippen molar-refractivity contribution >= 4 is 82.0 Å². The number of benzene rings is 4. The summed E-state index contributed by atoms with van der Waals surface area (Å²) in [7, 11) is 0. The van der Waals surface area contributed by atoms with E-state index in [4.69, 9.17) is 80.8 Å². The maximum absolute atomic E-state index is 17.6. The second kappa shape index (κ2) is 38.6. The Hall–Kier alpha value is -12.0. The molecule has 4 fully saturated rings. The van der Waals surface area contributed by atoms with Gasteiger partial charge >= 0.3 is 60.1 Å². The summed E-state index contributed by atoms with van der Waals surface area (Å²) in [5.74, 6) is -10.0. The van der Waals surface area contributed by atoms with Gasteiger partial charge in [0.1, 0.15) is 55.0 Å². The topological polar surface area (TPSA) is 382 Å². The number of rotatable bonds is 24. The van der Waals surface area contributed by atoms with Crippen molar-refractivity contribution in [2.75, 3.05) is 19.8 Å². The zero-order chi connectivity index (χ0) is 94.2. The number of halogens is 6. The third-order valence-electron chi connectivity index (χ3n) is 24.6. The van der Waals surface area contributed by atoms with Crippen LogP contribution in [0.1, 0.15) is 140 Å². The van der Waals surface area contributed by atoms with Crippen LogP contribution >= 0.6 is 0 Å². The van der Waals surface area contributed by atoms with Crippen LogP contribution in [-0.4, -0.2) is 190 Å². The number of nitrogens with zero attached hydrogens (tertiary/aromatic N) is 2. The molecule has 30 nitrogen and oxygen atoms in total. The lowest BCUT2D eigenvalue weighted by Gasteiger charge is -2.43. The van der Waals surface area contributed by atoms with E-state index in [1.54, 1.807) is 71.0 Å². The number of aliphatic hydroxyl groups is 2. The van der Waals surface area contributed by atoms with Crippen LogP contribution in [0.15, 0.2) is 121 Å². The van der Waals surface area contributed by atoms with Gasteiger partial charge in [-0.2, -0.15) is 26.3 Å². The zero-order valence-corrected chi connectivity index (χ0v) is 73.9. The maximum atomic E-state index is 17.6. The van der Waals surface area contributed by atoms with Crippen molar-refractivity contribution in [3.8, 4) is 67.5 Å². The van der Waals surface area contributed by atoms with Crippen LogP contribution in [0.2, 0.25) is 0 Å². The molecule has 7 aromatic rings. The molecule has 9 heterocycles. The second-order valence-electron chi connectivity index (χ2n) is 33.5. The zero-order valence-electron chi connectivity index (χ0n) is 73.9. The third kappa shape index (κ3) is 19.7. The molecule has 0 radical (unpaired) electrons. The van der Waals surface area contributed by atoms with Gasteiger partial charge in [-0.1, -0.05) is 104 Å². The van der Waals surface area contributed by atoms with Crippen LogP contribution in [0.4, 0.5) is 26.3 Å². The highest BCUT2D eigenvalue weighted by atomic mass is 19.4. The summed E-state index contributed by atoms with van der Waals surface area (Å²) in [6.07, 6.45) is -25.2. The summed E-state index contributed by atoms with van der Waals surface area (Å²) in [5, 5.41) is 26.9. The molecule has 6 aliphatic rings. The number of H-pyrrole nitrogens is 2. The van der Waals surface area contributed by atoms with Crippen LogP contribution in [0.25, 0.3) is 78.7 Å². The lowest BCUT2D eigenvalue weighted by Crippen LogP contribution is -2.63. The normalized spacial score (nSPS) is 28.4. The summed E-state index contributed by atoms with van der Waals surface area (Å²) in [6, 6.07) is 27.2. The number of nitrogens with one attached hydrogen (secondary N) is 2. The van der Waals surface area contributed by atoms with Gasteiger partial charge in [-0.05, 0) is 131 Å². The SMILES string of the molecule is CC[C@H]1OC(Oc2cccc(-c3c4nc(c(-c5cccc(O[C@@H]6OC(COC(C)=O)[C@@H](C)[C@H](C)C6OC(C)=O)c5)c5ccc([nH]5)c(-c5cccc(O[C@@H]6OC(COC(C)=O)[C@@H](C)[C@H](C)C6OC(C)=O)c5)c5nc(c(-c6cccc(O[C@@H]7OC(COC(C)=O)[C@@H](C)[C@H](C)C7OC(C)=O)c6)c6ccc3[nH]6)C=C5)C(O)(C(F)(F)F)C4(O)C(F)(F)F)c2)[C@H](C)[C@H](OC(C)=O)C1OC(C)=O. The third-order valence-corrected chi connectivity index (χ3v) is 24.6. The van der Waals surface area contributed by atoms with Crippen molar-refractivity contribution in [3.05, 3.63) is 144 Å². The first-order chi connectivity index (χ1) is 61.4. The Bertz CT molecular complexity index is 5650. The molecule has 0 saturated carbocycles. The van der Waals surface area contributed by atoms with Crippen molar-refractivity contribution in [3.63, 3.8) is 0 Å². The number of hydrogen-bond acceptors (Lipinski definition) is 28. The fourth-order valence-corrected chi connectivity index (χ4v) is 17.4. The molecule has 3 aromatic heterocycles. The second-order valence-corrected chi connectivity index (χ2v) is 33.5. The van der Waals surface area contributed by atoms with Gasteiger partial charge in [-0.3, -0.25) is 38.4 Å². The Morgan fingerprint density at radius 2 is 0.631 bits per heavy atom. The quantitative estimate of drug-likeness (QED) is 0.0248. The van der Waals surface area contributed by atoms with Gasteiger partial charge in [-0.25, -0.2) is 9.97 Å². The van der Waals surface area contributed by atoms with Gasteiger partial charge in [0, 0.05) is 117 Å². The van der Waals surface area contributed by atoms with Crippen LogP contribution in [0.5, 0.6) is 23.0 Å². The number of esters is 8. The summed E-state index contributed by atoms with van der Waals surface area (Å²) < 4.78 is 203. The van der Waals surface area contributed by atoms with Gasteiger partial charge < -0.3 is 96.0 Å². The van der Waals surface area contributed by atoms with E-state index in [1.165, 1.54) is 120 Å². The molecule has 130 heavy (non-hydrogen) atoms. The number of carbonyl (C=O) groups is 8. The summed E-state index contributed by atoms with van der Waals surface area (Å²) >= 11 is 0. The molecule has 4 saturated heterocycles. The van der Waals surface area contributed by atoms with E-state index >= 15 is 26.3 Å². The molecular formula is C94H102F6N4O26. The summed E-state index contributed by atoms with van der Waals surface area (Å²) in [4.78, 5) is 117. The molecule has 0 aliphatic carbocycles. The number of carbonyl (C=O) groups excluding carboxylic acids is 8. The van der Waals surface area contributed by atoms with E-state index in [1.807, 2.05) is 13.8 Å². The fraction of sp³-hybridized carbons (Fsp3) is 0.468. The molecule has 0 amide bonds. The smallest absolute Gasteiger partial charge is 0.426 e. The van der Waals surface area contributed by atoms with Crippen molar-refractivity contribution < 1.29 is 151 Å². The Morgan fingerprint density at radius 3 is 0.923 bits per heavy atom. The summed E-state index contributed by atoms with van der Waals surface area (Å²) in [5.41, 5.74) is -18.3. The molecular weight excluding hydrogens is 1720 g/mol. The minimum atomic E-state index is -6.62. The first kappa shape index (κ1) is 95.6. The maximum Gasteiger partial charge on any atom is 0.426 e. The largest absolute Gasteiger partial charge is 0.464 e. The molecule has 36 heteroatoms. The molecule has 6 aliphatic heterocycles. The van der Waals surface area contributed by atoms with Crippen LogP contribution in [0.3, 0.4) is 0 Å². The highest BCUT2D eigenvalue weighted by Crippen LogP contribution is 2.63. The Morgan fingerprint density at radius 1 is 0.354 bits per heavy atom. The van der Waals surface area contributed by atoms with Gasteiger partial charge in [0.2, 0.25) is 36.4 Å². The molecule has 0 spiro atoms. The molecule has 4 N–H and O–H groups in total. The lowest BCUT2D eigenvalue weighted by molar-refractivity contribution is -0.394. The Balaban J connectivity index is 1.13. The minimum absolute atomic E-state index is 0.0373. The number of fused-ring (bicyclic) bond motifs is 8. The highest BCUT2D eigenvalue weighted by Gasteiger charge is 2.82. The van der Waals surface area contributed by atoms with Crippen LogP contribution in [-0.2, 0) is 106 Å². The van der Waals surface area contributed by atoms with Gasteiger partial charge in [0.15, 0.2) is 24.4 Å². The highest BCUT2D eigenvalue weighted by molar-refractivity contribution is 5.98. The van der Waals surface area contributed by atoms with E-state index in [0.717, 1.165) is 39.0 Å². The number of hydrogen-bond donors (Lipinski definition) is 4. The average molecular weight is 1820 g/mol. The molecule has 696 valence electrons. The molecule has 22 atom stereocenters. The number of ether oxygens (including phenoxy) is 16.